The maximum Gasteiger partial charge on any atom is 0.389 e. The molecule has 0 spiro atoms. The van der Waals surface area contributed by atoms with E-state index in [0.717, 1.165) is 12.8 Å². The minimum absolute atomic E-state index is 0.0536. The van der Waals surface area contributed by atoms with Crippen LogP contribution in [-0.4, -0.2) is 44.8 Å². The van der Waals surface area contributed by atoms with E-state index < -0.39 is 24.0 Å². The number of carbonyl (C=O) groups is 1. The molecule has 0 saturated heterocycles. The van der Waals surface area contributed by atoms with Crippen molar-refractivity contribution in [3.05, 3.63) is 11.8 Å². The van der Waals surface area contributed by atoms with Crippen molar-refractivity contribution in [1.82, 2.24) is 9.97 Å². The van der Waals surface area contributed by atoms with E-state index in [1.807, 2.05) is 0 Å². The Morgan fingerprint density at radius 2 is 1.96 bits per heavy atom. The van der Waals surface area contributed by atoms with Crippen LogP contribution in [-0.2, 0) is 0 Å². The zero-order valence-corrected chi connectivity index (χ0v) is 14.9. The van der Waals surface area contributed by atoms with Crippen LogP contribution in [0.2, 0.25) is 0 Å². The van der Waals surface area contributed by atoms with Gasteiger partial charge in [-0.1, -0.05) is 0 Å². The zero-order chi connectivity index (χ0) is 19.7. The zero-order valence-electron chi connectivity index (χ0n) is 14.9. The second-order valence-electron chi connectivity index (χ2n) is 7.49. The summed E-state index contributed by atoms with van der Waals surface area (Å²) < 4.78 is 37.7. The second kappa shape index (κ2) is 7.49. The number of amides is 1. The summed E-state index contributed by atoms with van der Waals surface area (Å²) in [6, 6.07) is 0.0980. The number of alkyl halides is 3. The Morgan fingerprint density at radius 3 is 2.52 bits per heavy atom. The topological polar surface area (TPSA) is 113 Å². The normalized spacial score (nSPS) is 24.3. The second-order valence-corrected chi connectivity index (χ2v) is 7.49. The molecule has 1 amide bonds. The van der Waals surface area contributed by atoms with Gasteiger partial charge in [-0.25, -0.2) is 4.98 Å². The van der Waals surface area contributed by atoms with Gasteiger partial charge in [0.05, 0.1) is 11.7 Å². The lowest BCUT2D eigenvalue weighted by atomic mass is 9.93. The molecule has 1 aromatic heterocycles. The number of nitrogens with one attached hydrogen (secondary N) is 2. The van der Waals surface area contributed by atoms with Crippen LogP contribution in [0.15, 0.2) is 6.20 Å². The molecule has 0 aromatic carbocycles. The molecule has 2 fully saturated rings. The van der Waals surface area contributed by atoms with Gasteiger partial charge in [-0.2, -0.15) is 18.2 Å². The summed E-state index contributed by atoms with van der Waals surface area (Å²) >= 11 is 0. The molecular formula is C17H24F3N5O2. The number of aromatic nitrogens is 2. The van der Waals surface area contributed by atoms with Crippen molar-refractivity contribution < 1.29 is 23.1 Å². The van der Waals surface area contributed by atoms with E-state index in [1.165, 1.54) is 6.20 Å². The third-order valence-electron chi connectivity index (χ3n) is 5.21. The van der Waals surface area contributed by atoms with Crippen LogP contribution in [0.5, 0.6) is 0 Å². The lowest BCUT2D eigenvalue weighted by Crippen LogP contribution is -2.30. The van der Waals surface area contributed by atoms with Crippen LogP contribution in [0.25, 0.3) is 0 Å². The summed E-state index contributed by atoms with van der Waals surface area (Å²) in [4.78, 5) is 20.1. The number of hydrogen-bond donors (Lipinski definition) is 4. The minimum Gasteiger partial charge on any atom is -0.393 e. The van der Waals surface area contributed by atoms with E-state index in [0.29, 0.717) is 25.7 Å². The quantitative estimate of drug-likeness (QED) is 0.572. The van der Waals surface area contributed by atoms with Gasteiger partial charge in [0.2, 0.25) is 5.95 Å². The Bertz CT molecular complexity index is 686. The van der Waals surface area contributed by atoms with Crippen LogP contribution < -0.4 is 16.4 Å². The number of carbonyl (C=O) groups excluding carboxylic acids is 1. The molecule has 2 aliphatic carbocycles. The third kappa shape index (κ3) is 5.44. The monoisotopic (exact) mass is 387 g/mol. The first-order valence-electron chi connectivity index (χ1n) is 9.12. The van der Waals surface area contributed by atoms with E-state index >= 15 is 0 Å². The first-order valence-corrected chi connectivity index (χ1v) is 9.12. The van der Waals surface area contributed by atoms with Gasteiger partial charge in [0.25, 0.3) is 5.91 Å². The van der Waals surface area contributed by atoms with E-state index in [9.17, 15) is 23.1 Å². The Labute approximate surface area is 154 Å². The fourth-order valence-corrected chi connectivity index (χ4v) is 3.35. The third-order valence-corrected chi connectivity index (χ3v) is 5.21. The van der Waals surface area contributed by atoms with Crippen LogP contribution in [0.3, 0.4) is 0 Å². The predicted octanol–water partition coefficient (Wildman–Crippen LogP) is 2.58. The maximum absolute atomic E-state index is 12.6. The lowest BCUT2D eigenvalue weighted by molar-refractivity contribution is -0.136. The molecule has 1 heterocycles. The summed E-state index contributed by atoms with van der Waals surface area (Å²) in [7, 11) is 0. The smallest absolute Gasteiger partial charge is 0.389 e. The summed E-state index contributed by atoms with van der Waals surface area (Å²) in [6.07, 6.45) is -0.156. The molecule has 2 saturated carbocycles. The molecule has 27 heavy (non-hydrogen) atoms. The van der Waals surface area contributed by atoms with Crippen LogP contribution in [0, 0.1) is 0 Å². The number of primary amides is 1. The Morgan fingerprint density at radius 1 is 1.30 bits per heavy atom. The summed E-state index contributed by atoms with van der Waals surface area (Å²) in [5.41, 5.74) is 4.71. The number of halogens is 3. The number of nitrogens with two attached hydrogens (primary N) is 1. The standard InChI is InChI=1S/C17H24F3N5O2/c18-17(19,20)8-7-16(5-6-16)25-14-12(13(21)27)9-22-15(24-14)23-10-1-3-11(26)4-2-10/h9-11,26H,1-8H2,(H2,21,27)(H2,22,23,24,25). The average molecular weight is 387 g/mol. The first kappa shape index (κ1) is 19.7. The number of aliphatic hydroxyl groups excluding tert-OH is 1. The van der Waals surface area contributed by atoms with Gasteiger partial charge >= 0.3 is 6.18 Å². The van der Waals surface area contributed by atoms with Crippen molar-refractivity contribution in [3.8, 4) is 0 Å². The molecule has 1 aromatic rings. The van der Waals surface area contributed by atoms with E-state index in [-0.39, 0.29) is 35.9 Å². The first-order chi connectivity index (χ1) is 12.7. The summed E-state index contributed by atoms with van der Waals surface area (Å²) in [5, 5.41) is 15.7. The molecule has 0 unspecified atom stereocenters. The van der Waals surface area contributed by atoms with Crippen LogP contribution in [0.4, 0.5) is 24.9 Å². The molecule has 7 nitrogen and oxygen atoms in total. The van der Waals surface area contributed by atoms with Crippen LogP contribution >= 0.6 is 0 Å². The van der Waals surface area contributed by atoms with Crippen molar-refractivity contribution in [3.63, 3.8) is 0 Å². The van der Waals surface area contributed by atoms with Gasteiger partial charge < -0.3 is 21.5 Å². The number of nitrogens with zero attached hydrogens (tertiary/aromatic N) is 2. The molecule has 0 aliphatic heterocycles. The van der Waals surface area contributed by atoms with E-state index in [4.69, 9.17) is 5.73 Å². The molecule has 0 atom stereocenters. The van der Waals surface area contributed by atoms with Crippen molar-refractivity contribution in [2.75, 3.05) is 10.6 Å². The number of rotatable bonds is 7. The SMILES string of the molecule is NC(=O)c1cnc(NC2CCC(O)CC2)nc1NC1(CCC(F)(F)F)CC1. The van der Waals surface area contributed by atoms with Gasteiger partial charge in [-0.3, -0.25) is 4.79 Å². The van der Waals surface area contributed by atoms with Crippen molar-refractivity contribution in [2.24, 2.45) is 5.73 Å². The summed E-state index contributed by atoms with van der Waals surface area (Å²) in [6.45, 7) is 0. The van der Waals surface area contributed by atoms with Crippen molar-refractivity contribution in [1.29, 1.82) is 0 Å². The number of aliphatic hydroxyl groups is 1. The van der Waals surface area contributed by atoms with Crippen molar-refractivity contribution >= 4 is 17.7 Å². The molecule has 0 bridgehead atoms. The molecular weight excluding hydrogens is 363 g/mol. The van der Waals surface area contributed by atoms with Crippen molar-refractivity contribution in [2.45, 2.75) is 75.2 Å². The highest BCUT2D eigenvalue weighted by Gasteiger charge is 2.46. The largest absolute Gasteiger partial charge is 0.393 e. The predicted molar refractivity (Wildman–Crippen MR) is 93.3 cm³/mol. The molecule has 3 rings (SSSR count). The van der Waals surface area contributed by atoms with Gasteiger partial charge in [0, 0.05) is 24.2 Å². The molecule has 0 radical (unpaired) electrons. The Hall–Kier alpha value is -2.10. The molecule has 2 aliphatic rings. The van der Waals surface area contributed by atoms with Gasteiger partial charge in [0.1, 0.15) is 5.82 Å². The fraction of sp³-hybridized carbons (Fsp3) is 0.706. The van der Waals surface area contributed by atoms with E-state index in [1.54, 1.807) is 0 Å². The highest BCUT2D eigenvalue weighted by Crippen LogP contribution is 2.45. The molecule has 150 valence electrons. The highest BCUT2D eigenvalue weighted by molar-refractivity contribution is 5.97. The lowest BCUT2D eigenvalue weighted by Gasteiger charge is -2.26. The Kier molecular flexibility index (Phi) is 5.45. The van der Waals surface area contributed by atoms with E-state index in [2.05, 4.69) is 20.6 Å². The average Bonchev–Trinajstić information content (AvgIpc) is 3.35. The number of anilines is 2. The van der Waals surface area contributed by atoms with Crippen LogP contribution in [0.1, 0.15) is 61.7 Å². The molecule has 5 N–H and O–H groups in total. The molecule has 10 heteroatoms. The number of hydrogen-bond acceptors (Lipinski definition) is 6. The summed E-state index contributed by atoms with van der Waals surface area (Å²) in [5.74, 6) is -0.289. The van der Waals surface area contributed by atoms with Gasteiger partial charge in [-0.15, -0.1) is 0 Å². The fourth-order valence-electron chi connectivity index (χ4n) is 3.35. The van der Waals surface area contributed by atoms with Gasteiger partial charge in [-0.05, 0) is 44.9 Å². The van der Waals surface area contributed by atoms with Gasteiger partial charge in [0.15, 0.2) is 0 Å². The maximum atomic E-state index is 12.6. The highest BCUT2D eigenvalue weighted by atomic mass is 19.4. The Balaban J connectivity index is 1.71. The minimum atomic E-state index is -4.23.